The van der Waals surface area contributed by atoms with Crippen LogP contribution in [0.3, 0.4) is 0 Å². The van der Waals surface area contributed by atoms with Crippen molar-refractivity contribution in [3.8, 4) is 0 Å². The summed E-state index contributed by atoms with van der Waals surface area (Å²) in [5.41, 5.74) is 10.1. The molecule has 2 aromatic rings. The maximum atomic E-state index is 11.8. The monoisotopic (exact) mass is 351 g/mol. The molecule has 0 radical (unpaired) electrons. The maximum absolute atomic E-state index is 11.8. The Morgan fingerprint density at radius 3 is 2.38 bits per heavy atom. The van der Waals surface area contributed by atoms with E-state index in [0.29, 0.717) is 0 Å². The van der Waals surface area contributed by atoms with Gasteiger partial charge in [0.2, 0.25) is 0 Å². The molecule has 0 bridgehead atoms. The van der Waals surface area contributed by atoms with Gasteiger partial charge < -0.3 is 5.32 Å². The van der Waals surface area contributed by atoms with E-state index in [4.69, 9.17) is 0 Å². The molecule has 5 nitrogen and oxygen atoms in total. The lowest BCUT2D eigenvalue weighted by atomic mass is 10.1. The molecule has 2 aromatic carbocycles. The summed E-state index contributed by atoms with van der Waals surface area (Å²) in [6.07, 6.45) is 4.07. The van der Waals surface area contributed by atoms with Gasteiger partial charge in [0.05, 0.1) is 6.54 Å². The smallest absolute Gasteiger partial charge is 0.262 e. The van der Waals surface area contributed by atoms with Crippen molar-refractivity contribution in [1.29, 1.82) is 0 Å². The van der Waals surface area contributed by atoms with Gasteiger partial charge in [0.1, 0.15) is 0 Å². The van der Waals surface area contributed by atoms with E-state index in [0.717, 1.165) is 23.2 Å². The SMILES string of the molecule is CCc1ccc(/C=C/C(=O)NNC(=O)CNc2ccc(C)cc2C)cc1. The Balaban J connectivity index is 1.75. The number of aryl methyl sites for hydroxylation is 3. The lowest BCUT2D eigenvalue weighted by Gasteiger charge is -2.10. The quantitative estimate of drug-likeness (QED) is 0.553. The van der Waals surface area contributed by atoms with Crippen LogP contribution in [-0.2, 0) is 16.0 Å². The molecule has 0 atom stereocenters. The third kappa shape index (κ3) is 6.09. The molecular weight excluding hydrogens is 326 g/mol. The van der Waals surface area contributed by atoms with E-state index in [1.807, 2.05) is 56.3 Å². The Kier molecular flexibility index (Phi) is 6.97. The molecule has 0 aliphatic rings. The van der Waals surface area contributed by atoms with Crippen molar-refractivity contribution >= 4 is 23.6 Å². The molecule has 3 N–H and O–H groups in total. The van der Waals surface area contributed by atoms with Crippen LogP contribution in [0.5, 0.6) is 0 Å². The number of hydrazine groups is 1. The Bertz CT molecular complexity index is 795. The highest BCUT2D eigenvalue weighted by molar-refractivity contribution is 5.93. The van der Waals surface area contributed by atoms with Crippen molar-refractivity contribution < 1.29 is 9.59 Å². The number of hydrogen-bond acceptors (Lipinski definition) is 3. The fourth-order valence-corrected chi connectivity index (χ4v) is 2.44. The minimum atomic E-state index is -0.385. The van der Waals surface area contributed by atoms with Crippen molar-refractivity contribution in [2.75, 3.05) is 11.9 Å². The Hall–Kier alpha value is -3.08. The summed E-state index contributed by atoms with van der Waals surface area (Å²) >= 11 is 0. The summed E-state index contributed by atoms with van der Waals surface area (Å²) in [6.45, 7) is 6.17. The van der Waals surface area contributed by atoms with Crippen LogP contribution in [0.4, 0.5) is 5.69 Å². The van der Waals surface area contributed by atoms with Crippen LogP contribution in [0.2, 0.25) is 0 Å². The normalized spacial score (nSPS) is 10.6. The molecule has 2 amide bonds. The number of nitrogens with one attached hydrogen (secondary N) is 3. The highest BCUT2D eigenvalue weighted by atomic mass is 16.2. The van der Waals surface area contributed by atoms with Crippen LogP contribution in [0.25, 0.3) is 6.08 Å². The summed E-state index contributed by atoms with van der Waals surface area (Å²) in [5, 5.41) is 3.05. The molecule has 136 valence electrons. The van der Waals surface area contributed by atoms with Crippen molar-refractivity contribution in [2.45, 2.75) is 27.2 Å². The van der Waals surface area contributed by atoms with Gasteiger partial charge in [-0.25, -0.2) is 0 Å². The highest BCUT2D eigenvalue weighted by Gasteiger charge is 2.04. The summed E-state index contributed by atoms with van der Waals surface area (Å²) in [5.74, 6) is -0.705. The van der Waals surface area contributed by atoms with Crippen molar-refractivity contribution in [3.05, 3.63) is 70.8 Å². The molecule has 0 spiro atoms. The second-order valence-corrected chi connectivity index (χ2v) is 6.14. The van der Waals surface area contributed by atoms with E-state index in [1.54, 1.807) is 6.08 Å². The Morgan fingerprint density at radius 2 is 1.73 bits per heavy atom. The zero-order valence-electron chi connectivity index (χ0n) is 15.4. The summed E-state index contributed by atoms with van der Waals surface area (Å²) in [6, 6.07) is 13.9. The molecule has 0 aliphatic heterocycles. The topological polar surface area (TPSA) is 70.2 Å². The molecule has 26 heavy (non-hydrogen) atoms. The summed E-state index contributed by atoms with van der Waals surface area (Å²) in [4.78, 5) is 23.6. The van der Waals surface area contributed by atoms with E-state index >= 15 is 0 Å². The Morgan fingerprint density at radius 1 is 1.00 bits per heavy atom. The zero-order valence-corrected chi connectivity index (χ0v) is 15.4. The van der Waals surface area contributed by atoms with Gasteiger partial charge in [-0.1, -0.05) is 48.9 Å². The molecule has 0 heterocycles. The van der Waals surface area contributed by atoms with Gasteiger partial charge >= 0.3 is 0 Å². The van der Waals surface area contributed by atoms with Gasteiger partial charge in [-0.15, -0.1) is 0 Å². The van der Waals surface area contributed by atoms with Gasteiger partial charge in [0.15, 0.2) is 0 Å². The Labute approximate surface area is 154 Å². The molecule has 0 saturated carbocycles. The summed E-state index contributed by atoms with van der Waals surface area (Å²) in [7, 11) is 0. The zero-order chi connectivity index (χ0) is 18.9. The fraction of sp³-hybridized carbons (Fsp3) is 0.238. The van der Waals surface area contributed by atoms with E-state index < -0.39 is 0 Å². The molecule has 2 rings (SSSR count). The van der Waals surface area contributed by atoms with Gasteiger partial charge in [0, 0.05) is 11.8 Å². The largest absolute Gasteiger partial charge is 0.376 e. The fourth-order valence-electron chi connectivity index (χ4n) is 2.44. The third-order valence-electron chi connectivity index (χ3n) is 3.96. The van der Waals surface area contributed by atoms with Crippen molar-refractivity contribution in [2.24, 2.45) is 0 Å². The molecule has 0 fully saturated rings. The first-order chi connectivity index (χ1) is 12.5. The molecule has 0 aromatic heterocycles. The van der Waals surface area contributed by atoms with Crippen LogP contribution in [0.1, 0.15) is 29.2 Å². The highest BCUT2D eigenvalue weighted by Crippen LogP contribution is 2.15. The van der Waals surface area contributed by atoms with E-state index in [-0.39, 0.29) is 18.4 Å². The number of anilines is 1. The number of hydrogen-bond donors (Lipinski definition) is 3. The first-order valence-electron chi connectivity index (χ1n) is 8.65. The number of carbonyl (C=O) groups is 2. The van der Waals surface area contributed by atoms with Crippen LogP contribution >= 0.6 is 0 Å². The average molecular weight is 351 g/mol. The maximum Gasteiger partial charge on any atom is 0.262 e. The second-order valence-electron chi connectivity index (χ2n) is 6.14. The minimum Gasteiger partial charge on any atom is -0.376 e. The lowest BCUT2D eigenvalue weighted by Crippen LogP contribution is -2.43. The van der Waals surface area contributed by atoms with Crippen LogP contribution in [0.15, 0.2) is 48.5 Å². The van der Waals surface area contributed by atoms with E-state index in [9.17, 15) is 9.59 Å². The first-order valence-corrected chi connectivity index (χ1v) is 8.65. The first kappa shape index (κ1) is 19.2. The average Bonchev–Trinajstić information content (AvgIpc) is 2.64. The molecule has 0 saturated heterocycles. The van der Waals surface area contributed by atoms with Crippen LogP contribution in [-0.4, -0.2) is 18.4 Å². The molecule has 0 unspecified atom stereocenters. The summed E-state index contributed by atoms with van der Waals surface area (Å²) < 4.78 is 0. The van der Waals surface area contributed by atoms with Gasteiger partial charge in [-0.05, 0) is 49.1 Å². The standard InChI is InChI=1S/C21H25N3O2/c1-4-17-6-8-18(9-7-17)10-12-20(25)23-24-21(26)14-22-19-11-5-15(2)13-16(19)3/h5-13,22H,4,14H2,1-3H3,(H,23,25)(H,24,26)/b12-10+. The number of carbonyl (C=O) groups excluding carboxylic acids is 2. The van der Waals surface area contributed by atoms with Crippen LogP contribution < -0.4 is 16.2 Å². The predicted molar refractivity (Wildman–Crippen MR) is 106 cm³/mol. The van der Waals surface area contributed by atoms with Crippen molar-refractivity contribution in [1.82, 2.24) is 10.9 Å². The molecule has 0 aliphatic carbocycles. The molecular formula is C21H25N3O2. The minimum absolute atomic E-state index is 0.0758. The molecule has 5 heteroatoms. The van der Waals surface area contributed by atoms with E-state index in [1.165, 1.54) is 17.2 Å². The second kappa shape index (κ2) is 9.42. The van der Waals surface area contributed by atoms with E-state index in [2.05, 4.69) is 23.1 Å². The van der Waals surface area contributed by atoms with Crippen molar-refractivity contribution in [3.63, 3.8) is 0 Å². The van der Waals surface area contributed by atoms with Gasteiger partial charge in [0.25, 0.3) is 11.8 Å². The predicted octanol–water partition coefficient (Wildman–Crippen LogP) is 3.14. The number of amides is 2. The van der Waals surface area contributed by atoms with Crippen LogP contribution in [0, 0.1) is 13.8 Å². The third-order valence-corrected chi connectivity index (χ3v) is 3.96. The number of rotatable bonds is 6. The number of benzene rings is 2. The van der Waals surface area contributed by atoms with Gasteiger partial charge in [-0.3, -0.25) is 20.4 Å². The van der Waals surface area contributed by atoms with Gasteiger partial charge in [-0.2, -0.15) is 0 Å². The lowest BCUT2D eigenvalue weighted by molar-refractivity contribution is -0.125.